The van der Waals surface area contributed by atoms with Gasteiger partial charge in [0, 0.05) is 26.2 Å². The molecule has 4 heteroatoms. The van der Waals surface area contributed by atoms with Crippen molar-refractivity contribution in [3.63, 3.8) is 0 Å². The summed E-state index contributed by atoms with van der Waals surface area (Å²) in [5.41, 5.74) is 5.35. The Hall–Kier alpha value is -0.160. The smallest absolute Gasteiger partial charge is 0.0897 e. The molecule has 0 saturated carbocycles. The predicted octanol–water partition coefficient (Wildman–Crippen LogP) is 2.05. The van der Waals surface area contributed by atoms with E-state index in [-0.39, 0.29) is 0 Å². The molecule has 0 aliphatic carbocycles. The first-order valence-electron chi connectivity index (χ1n) is 7.97. The van der Waals surface area contributed by atoms with Gasteiger partial charge in [0.1, 0.15) is 0 Å². The molecule has 0 aromatic carbocycles. The Labute approximate surface area is 119 Å². The van der Waals surface area contributed by atoms with Crippen molar-refractivity contribution in [3.8, 4) is 0 Å². The maximum Gasteiger partial charge on any atom is 0.0897 e. The topological polar surface area (TPSA) is 67.5 Å². The molecule has 0 aliphatic heterocycles. The van der Waals surface area contributed by atoms with Crippen LogP contribution in [0, 0.1) is 0 Å². The Morgan fingerprint density at radius 2 is 1.68 bits per heavy atom. The van der Waals surface area contributed by atoms with E-state index in [0.29, 0.717) is 19.7 Å². The number of hydrogen-bond acceptors (Lipinski definition) is 4. The van der Waals surface area contributed by atoms with Gasteiger partial charge < -0.3 is 20.9 Å². The highest BCUT2D eigenvalue weighted by molar-refractivity contribution is 4.58. The minimum absolute atomic E-state index is 0.416. The normalized spacial score (nSPS) is 12.8. The SMILES string of the molecule is CCCCCCCCCCOCC(O)CNCCN. The Kier molecular flexibility index (Phi) is 15.8. The first kappa shape index (κ1) is 18.8. The molecule has 0 heterocycles. The summed E-state index contributed by atoms with van der Waals surface area (Å²) in [6.45, 7) is 5.35. The Morgan fingerprint density at radius 3 is 2.32 bits per heavy atom. The van der Waals surface area contributed by atoms with Crippen molar-refractivity contribution in [2.24, 2.45) is 5.73 Å². The summed E-state index contributed by atoms with van der Waals surface area (Å²) in [6, 6.07) is 0. The zero-order chi connectivity index (χ0) is 14.2. The van der Waals surface area contributed by atoms with Crippen LogP contribution in [0.5, 0.6) is 0 Å². The van der Waals surface area contributed by atoms with E-state index in [1.165, 1.54) is 44.9 Å². The molecule has 0 fully saturated rings. The summed E-state index contributed by atoms with van der Waals surface area (Å²) in [4.78, 5) is 0. The molecule has 1 atom stereocenters. The van der Waals surface area contributed by atoms with Crippen LogP contribution in [0.4, 0.5) is 0 Å². The van der Waals surface area contributed by atoms with Crippen molar-refractivity contribution < 1.29 is 9.84 Å². The van der Waals surface area contributed by atoms with Gasteiger partial charge in [0.2, 0.25) is 0 Å². The number of nitrogens with one attached hydrogen (secondary N) is 1. The van der Waals surface area contributed by atoms with Crippen molar-refractivity contribution >= 4 is 0 Å². The zero-order valence-electron chi connectivity index (χ0n) is 12.7. The summed E-state index contributed by atoms with van der Waals surface area (Å²) in [6.07, 6.45) is 10.1. The van der Waals surface area contributed by atoms with Crippen LogP contribution < -0.4 is 11.1 Å². The maximum atomic E-state index is 9.57. The third-order valence-corrected chi connectivity index (χ3v) is 3.15. The quantitative estimate of drug-likeness (QED) is 0.400. The van der Waals surface area contributed by atoms with Crippen molar-refractivity contribution in [1.82, 2.24) is 5.32 Å². The molecule has 0 saturated heterocycles. The number of hydrogen-bond donors (Lipinski definition) is 3. The largest absolute Gasteiger partial charge is 0.389 e. The number of nitrogens with two attached hydrogens (primary N) is 1. The average molecular weight is 274 g/mol. The van der Waals surface area contributed by atoms with Crippen LogP contribution >= 0.6 is 0 Å². The van der Waals surface area contributed by atoms with Crippen molar-refractivity contribution in [1.29, 1.82) is 0 Å². The van der Waals surface area contributed by atoms with Crippen molar-refractivity contribution in [2.45, 2.75) is 64.4 Å². The highest BCUT2D eigenvalue weighted by Crippen LogP contribution is 2.08. The molecule has 0 aliphatic rings. The molecule has 0 amide bonds. The Bertz CT molecular complexity index is 168. The number of ether oxygens (including phenoxy) is 1. The van der Waals surface area contributed by atoms with Gasteiger partial charge in [-0.3, -0.25) is 0 Å². The van der Waals surface area contributed by atoms with Gasteiger partial charge in [-0.2, -0.15) is 0 Å². The number of aliphatic hydroxyl groups excluding tert-OH is 1. The third-order valence-electron chi connectivity index (χ3n) is 3.15. The van der Waals surface area contributed by atoms with Gasteiger partial charge in [0.25, 0.3) is 0 Å². The molecule has 0 aromatic rings. The van der Waals surface area contributed by atoms with Gasteiger partial charge in [-0.1, -0.05) is 51.9 Å². The van der Waals surface area contributed by atoms with E-state index in [0.717, 1.165) is 19.6 Å². The van der Waals surface area contributed by atoms with Crippen LogP contribution in [-0.4, -0.2) is 44.1 Å². The molecule has 4 nitrogen and oxygen atoms in total. The van der Waals surface area contributed by atoms with Crippen LogP contribution in [0.15, 0.2) is 0 Å². The molecule has 0 spiro atoms. The fourth-order valence-electron chi connectivity index (χ4n) is 1.99. The van der Waals surface area contributed by atoms with Crippen LogP contribution in [-0.2, 0) is 4.74 Å². The van der Waals surface area contributed by atoms with Crippen LogP contribution in [0.2, 0.25) is 0 Å². The van der Waals surface area contributed by atoms with Gasteiger partial charge in [-0.05, 0) is 6.42 Å². The van der Waals surface area contributed by atoms with Gasteiger partial charge in [-0.15, -0.1) is 0 Å². The molecule has 0 rings (SSSR count). The van der Waals surface area contributed by atoms with Crippen LogP contribution in [0.3, 0.4) is 0 Å². The minimum atomic E-state index is -0.416. The molecule has 116 valence electrons. The second kappa shape index (κ2) is 15.9. The van der Waals surface area contributed by atoms with E-state index < -0.39 is 6.10 Å². The fraction of sp³-hybridized carbons (Fsp3) is 1.00. The summed E-state index contributed by atoms with van der Waals surface area (Å²) >= 11 is 0. The second-order valence-electron chi connectivity index (χ2n) is 5.20. The minimum Gasteiger partial charge on any atom is -0.389 e. The van der Waals surface area contributed by atoms with Gasteiger partial charge in [0.05, 0.1) is 12.7 Å². The number of unbranched alkanes of at least 4 members (excludes halogenated alkanes) is 7. The Balaban J connectivity index is 3.05. The molecule has 1 unspecified atom stereocenters. The lowest BCUT2D eigenvalue weighted by Crippen LogP contribution is -2.33. The van der Waals surface area contributed by atoms with Gasteiger partial charge >= 0.3 is 0 Å². The molecule has 4 N–H and O–H groups in total. The van der Waals surface area contributed by atoms with Gasteiger partial charge in [-0.25, -0.2) is 0 Å². The maximum absolute atomic E-state index is 9.57. The summed E-state index contributed by atoms with van der Waals surface area (Å²) < 4.78 is 5.45. The van der Waals surface area contributed by atoms with E-state index in [2.05, 4.69) is 12.2 Å². The number of aliphatic hydroxyl groups is 1. The molecular weight excluding hydrogens is 240 g/mol. The first-order valence-corrected chi connectivity index (χ1v) is 7.97. The van der Waals surface area contributed by atoms with Crippen LogP contribution in [0.25, 0.3) is 0 Å². The van der Waals surface area contributed by atoms with Crippen molar-refractivity contribution in [2.75, 3.05) is 32.8 Å². The summed E-state index contributed by atoms with van der Waals surface area (Å²) in [5, 5.41) is 12.6. The van der Waals surface area contributed by atoms with E-state index in [1.54, 1.807) is 0 Å². The first-order chi connectivity index (χ1) is 9.31. The molecule has 0 radical (unpaired) electrons. The highest BCUT2D eigenvalue weighted by Gasteiger charge is 2.02. The molecular formula is C15H34N2O2. The monoisotopic (exact) mass is 274 g/mol. The fourth-order valence-corrected chi connectivity index (χ4v) is 1.99. The van der Waals surface area contributed by atoms with E-state index in [4.69, 9.17) is 10.5 Å². The molecule has 0 bridgehead atoms. The second-order valence-corrected chi connectivity index (χ2v) is 5.20. The number of rotatable bonds is 15. The van der Waals surface area contributed by atoms with Gasteiger partial charge in [0.15, 0.2) is 0 Å². The zero-order valence-corrected chi connectivity index (χ0v) is 12.7. The Morgan fingerprint density at radius 1 is 1.05 bits per heavy atom. The lowest BCUT2D eigenvalue weighted by atomic mass is 10.1. The van der Waals surface area contributed by atoms with Crippen LogP contribution in [0.1, 0.15) is 58.3 Å². The third kappa shape index (κ3) is 15.8. The standard InChI is InChI=1S/C15H34N2O2/c1-2-3-4-5-6-7-8-9-12-19-14-15(18)13-17-11-10-16/h15,17-18H,2-14,16H2,1H3. The molecule has 19 heavy (non-hydrogen) atoms. The summed E-state index contributed by atoms with van der Waals surface area (Å²) in [5.74, 6) is 0. The van der Waals surface area contributed by atoms with E-state index in [1.807, 2.05) is 0 Å². The molecule has 0 aromatic heterocycles. The lowest BCUT2D eigenvalue weighted by Gasteiger charge is -2.11. The highest BCUT2D eigenvalue weighted by atomic mass is 16.5. The van der Waals surface area contributed by atoms with Crippen molar-refractivity contribution in [3.05, 3.63) is 0 Å². The van der Waals surface area contributed by atoms with E-state index >= 15 is 0 Å². The van der Waals surface area contributed by atoms with E-state index in [9.17, 15) is 5.11 Å². The average Bonchev–Trinajstić information content (AvgIpc) is 2.41. The lowest BCUT2D eigenvalue weighted by molar-refractivity contribution is 0.0356. The summed E-state index contributed by atoms with van der Waals surface area (Å²) in [7, 11) is 0. The predicted molar refractivity (Wildman–Crippen MR) is 81.4 cm³/mol.